The van der Waals surface area contributed by atoms with Crippen molar-refractivity contribution in [3.63, 3.8) is 0 Å². The van der Waals surface area contributed by atoms with E-state index in [4.69, 9.17) is 11.6 Å². The molecule has 0 aliphatic heterocycles. The second-order valence-electron chi connectivity index (χ2n) is 4.62. The molecule has 1 N–H and O–H groups in total. The minimum atomic E-state index is -4.63. The Bertz CT molecular complexity index is 644. The number of nitrogens with zero attached hydrogens (tertiary/aromatic N) is 2. The summed E-state index contributed by atoms with van der Waals surface area (Å²) in [5.41, 5.74) is 2.01. The number of halogens is 4. The quantitative estimate of drug-likeness (QED) is 0.839. The minimum absolute atomic E-state index is 0.0399. The Hall–Kier alpha value is -1.82. The molecule has 1 heterocycles. The van der Waals surface area contributed by atoms with Crippen LogP contribution >= 0.6 is 11.6 Å². The van der Waals surface area contributed by atoms with Crippen LogP contribution in [-0.4, -0.2) is 9.97 Å². The Balaban J connectivity index is 2.28. The van der Waals surface area contributed by atoms with E-state index in [-0.39, 0.29) is 17.0 Å². The highest BCUT2D eigenvalue weighted by Gasteiger charge is 2.35. The predicted molar refractivity (Wildman–Crippen MR) is 75.3 cm³/mol. The fourth-order valence-corrected chi connectivity index (χ4v) is 2.17. The van der Waals surface area contributed by atoms with Gasteiger partial charge in [-0.1, -0.05) is 35.9 Å². The molecule has 112 valence electrons. The number of aromatic nitrogens is 2. The molecule has 1 aromatic heterocycles. The van der Waals surface area contributed by atoms with Gasteiger partial charge in [0, 0.05) is 6.07 Å². The molecule has 21 heavy (non-hydrogen) atoms. The van der Waals surface area contributed by atoms with Crippen molar-refractivity contribution in [2.24, 2.45) is 0 Å². The van der Waals surface area contributed by atoms with Gasteiger partial charge >= 0.3 is 6.18 Å². The van der Waals surface area contributed by atoms with Gasteiger partial charge in [0.25, 0.3) is 0 Å². The third-order valence-electron chi connectivity index (χ3n) is 2.97. The van der Waals surface area contributed by atoms with E-state index in [9.17, 15) is 13.2 Å². The molecule has 0 radical (unpaired) electrons. The SMILES string of the molecule is Cc1ccccc1C(C)Nc1cc(Cl)nc(C(F)(F)F)n1. The van der Waals surface area contributed by atoms with Crippen molar-refractivity contribution in [3.05, 3.63) is 52.4 Å². The highest BCUT2D eigenvalue weighted by Crippen LogP contribution is 2.29. The highest BCUT2D eigenvalue weighted by molar-refractivity contribution is 6.29. The molecule has 0 spiro atoms. The van der Waals surface area contributed by atoms with Crippen LogP contribution in [0.5, 0.6) is 0 Å². The molecule has 1 unspecified atom stereocenters. The Morgan fingerprint density at radius 2 is 1.86 bits per heavy atom. The van der Waals surface area contributed by atoms with Gasteiger partial charge in [-0.15, -0.1) is 0 Å². The number of hydrogen-bond donors (Lipinski definition) is 1. The average molecular weight is 316 g/mol. The zero-order chi connectivity index (χ0) is 15.6. The van der Waals surface area contributed by atoms with Gasteiger partial charge in [-0.25, -0.2) is 9.97 Å². The molecule has 1 aromatic carbocycles. The lowest BCUT2D eigenvalue weighted by Crippen LogP contribution is -2.15. The lowest BCUT2D eigenvalue weighted by atomic mass is 10.0. The molecule has 2 aromatic rings. The molecule has 3 nitrogen and oxygen atoms in total. The van der Waals surface area contributed by atoms with E-state index in [1.54, 1.807) is 0 Å². The summed E-state index contributed by atoms with van der Waals surface area (Å²) in [6.45, 7) is 3.77. The summed E-state index contributed by atoms with van der Waals surface area (Å²) in [4.78, 5) is 6.66. The van der Waals surface area contributed by atoms with Crippen LogP contribution < -0.4 is 5.32 Å². The number of rotatable bonds is 3. The lowest BCUT2D eigenvalue weighted by molar-refractivity contribution is -0.144. The highest BCUT2D eigenvalue weighted by atomic mass is 35.5. The number of benzene rings is 1. The smallest absolute Gasteiger partial charge is 0.363 e. The topological polar surface area (TPSA) is 37.8 Å². The van der Waals surface area contributed by atoms with Gasteiger partial charge in [-0.05, 0) is 25.0 Å². The maximum atomic E-state index is 12.7. The number of alkyl halides is 3. The van der Waals surface area contributed by atoms with E-state index in [1.165, 1.54) is 6.07 Å². The molecule has 0 saturated heterocycles. The van der Waals surface area contributed by atoms with Crippen molar-refractivity contribution in [3.8, 4) is 0 Å². The second-order valence-corrected chi connectivity index (χ2v) is 5.01. The monoisotopic (exact) mass is 315 g/mol. The van der Waals surface area contributed by atoms with Gasteiger partial charge < -0.3 is 5.32 Å². The van der Waals surface area contributed by atoms with E-state index in [0.29, 0.717) is 0 Å². The Morgan fingerprint density at radius 1 is 1.19 bits per heavy atom. The normalized spacial score (nSPS) is 13.0. The molecule has 7 heteroatoms. The summed E-state index contributed by atoms with van der Waals surface area (Å²) < 4.78 is 38.0. The molecule has 0 bridgehead atoms. The van der Waals surface area contributed by atoms with Gasteiger partial charge in [0.15, 0.2) is 0 Å². The van der Waals surface area contributed by atoms with Crippen LogP contribution in [0.15, 0.2) is 30.3 Å². The molecule has 0 aliphatic rings. The van der Waals surface area contributed by atoms with E-state index < -0.39 is 12.0 Å². The van der Waals surface area contributed by atoms with Crippen LogP contribution in [0.25, 0.3) is 0 Å². The third-order valence-corrected chi connectivity index (χ3v) is 3.16. The lowest BCUT2D eigenvalue weighted by Gasteiger charge is -2.18. The van der Waals surface area contributed by atoms with Crippen LogP contribution in [0.1, 0.15) is 29.9 Å². The van der Waals surface area contributed by atoms with Crippen LogP contribution in [0, 0.1) is 6.92 Å². The van der Waals surface area contributed by atoms with E-state index in [2.05, 4.69) is 15.3 Å². The van der Waals surface area contributed by atoms with E-state index in [0.717, 1.165) is 11.1 Å². The molecule has 1 atom stereocenters. The van der Waals surface area contributed by atoms with Crippen LogP contribution in [-0.2, 0) is 6.18 Å². The maximum absolute atomic E-state index is 12.7. The summed E-state index contributed by atoms with van der Waals surface area (Å²) in [5, 5.41) is 2.66. The van der Waals surface area contributed by atoms with Crippen LogP contribution in [0.2, 0.25) is 5.15 Å². The van der Waals surface area contributed by atoms with Gasteiger partial charge in [-0.2, -0.15) is 13.2 Å². The molecule has 0 saturated carbocycles. The fraction of sp³-hybridized carbons (Fsp3) is 0.286. The first-order chi connectivity index (χ1) is 9.77. The molecular formula is C14H13ClF3N3. The fourth-order valence-electron chi connectivity index (χ4n) is 1.99. The first-order valence-corrected chi connectivity index (χ1v) is 6.59. The molecule has 0 amide bonds. The first-order valence-electron chi connectivity index (χ1n) is 6.21. The third kappa shape index (κ3) is 3.85. The van der Waals surface area contributed by atoms with Gasteiger partial charge in [0.1, 0.15) is 11.0 Å². The summed E-state index contributed by atoms with van der Waals surface area (Å²) in [7, 11) is 0. The largest absolute Gasteiger partial charge is 0.451 e. The van der Waals surface area contributed by atoms with Gasteiger partial charge in [0.05, 0.1) is 6.04 Å². The number of anilines is 1. The van der Waals surface area contributed by atoms with E-state index in [1.807, 2.05) is 38.1 Å². The first kappa shape index (κ1) is 15.6. The molecule has 0 aliphatic carbocycles. The van der Waals surface area contributed by atoms with E-state index >= 15 is 0 Å². The zero-order valence-electron chi connectivity index (χ0n) is 11.4. The molecular weight excluding hydrogens is 303 g/mol. The standard InChI is InChI=1S/C14H13ClF3N3/c1-8-5-3-4-6-10(8)9(2)19-12-7-11(15)20-13(21-12)14(16,17)18/h3-7,9H,1-2H3,(H,19,20,21). The maximum Gasteiger partial charge on any atom is 0.451 e. The second kappa shape index (κ2) is 5.89. The summed E-state index contributed by atoms with van der Waals surface area (Å²) in [6, 6.07) is 8.66. The Morgan fingerprint density at radius 3 is 2.48 bits per heavy atom. The van der Waals surface area contributed by atoms with Crippen molar-refractivity contribution in [1.29, 1.82) is 0 Å². The van der Waals surface area contributed by atoms with Crippen molar-refractivity contribution >= 4 is 17.4 Å². The predicted octanol–water partition coefficient (Wildman–Crippen LogP) is 4.63. The Labute approximate surface area is 125 Å². The number of nitrogens with one attached hydrogen (secondary N) is 1. The Kier molecular flexibility index (Phi) is 4.37. The summed E-state index contributed by atoms with van der Waals surface area (Å²) in [5.74, 6) is -1.22. The summed E-state index contributed by atoms with van der Waals surface area (Å²) in [6.07, 6.45) is -4.63. The molecule has 2 rings (SSSR count). The zero-order valence-corrected chi connectivity index (χ0v) is 12.1. The van der Waals surface area contributed by atoms with Crippen LogP contribution in [0.3, 0.4) is 0 Å². The number of aryl methyl sites for hydroxylation is 1. The molecule has 0 fully saturated rings. The van der Waals surface area contributed by atoms with Crippen molar-refractivity contribution < 1.29 is 13.2 Å². The van der Waals surface area contributed by atoms with Crippen molar-refractivity contribution in [1.82, 2.24) is 9.97 Å². The average Bonchev–Trinajstić information content (AvgIpc) is 2.37. The van der Waals surface area contributed by atoms with Crippen molar-refractivity contribution in [2.45, 2.75) is 26.1 Å². The van der Waals surface area contributed by atoms with Crippen molar-refractivity contribution in [2.75, 3.05) is 5.32 Å². The van der Waals surface area contributed by atoms with Gasteiger partial charge in [0.2, 0.25) is 5.82 Å². The number of hydrogen-bond acceptors (Lipinski definition) is 3. The minimum Gasteiger partial charge on any atom is -0.363 e. The summed E-state index contributed by atoms with van der Waals surface area (Å²) >= 11 is 5.63. The van der Waals surface area contributed by atoms with Gasteiger partial charge in [-0.3, -0.25) is 0 Å². The van der Waals surface area contributed by atoms with Crippen LogP contribution in [0.4, 0.5) is 19.0 Å².